The summed E-state index contributed by atoms with van der Waals surface area (Å²) in [5.41, 5.74) is 2.25. The number of thioether (sulfide) groups is 1. The van der Waals surface area contributed by atoms with Crippen molar-refractivity contribution in [1.29, 1.82) is 0 Å². The van der Waals surface area contributed by atoms with Crippen LogP contribution in [0.25, 0.3) is 11.3 Å². The number of anilines is 1. The normalized spacial score (nSPS) is 15.2. The summed E-state index contributed by atoms with van der Waals surface area (Å²) in [6, 6.07) is 10.7. The molecule has 0 saturated heterocycles. The van der Waals surface area contributed by atoms with E-state index in [-0.39, 0.29) is 11.8 Å². The van der Waals surface area contributed by atoms with E-state index in [9.17, 15) is 4.79 Å². The Balaban J connectivity index is 2.03. The minimum Gasteiger partial charge on any atom is -0.447 e. The van der Waals surface area contributed by atoms with E-state index in [1.165, 1.54) is 23.6 Å². The number of halogens is 3. The lowest BCUT2D eigenvalue weighted by atomic mass is 10.1. The Labute approximate surface area is 189 Å². The fraction of sp³-hybridized carbons (Fsp3) is 0.158. The number of hydrogen-bond acceptors (Lipinski definition) is 6. The third-order valence-electron chi connectivity index (χ3n) is 4.34. The van der Waals surface area contributed by atoms with Crippen LogP contribution in [0.4, 0.5) is 5.69 Å². The highest BCUT2D eigenvalue weighted by atomic mass is 79.9. The second kappa shape index (κ2) is 8.10. The van der Waals surface area contributed by atoms with Crippen LogP contribution >= 0.6 is 50.9 Å². The van der Waals surface area contributed by atoms with Gasteiger partial charge in [0.1, 0.15) is 0 Å². The smallest absolute Gasteiger partial charge is 0.247 e. The molecule has 6 nitrogen and oxygen atoms in total. The zero-order chi connectivity index (χ0) is 20.7. The highest BCUT2D eigenvalue weighted by molar-refractivity contribution is 9.10. The van der Waals surface area contributed by atoms with E-state index in [0.717, 1.165) is 4.47 Å². The Bertz CT molecular complexity index is 1130. The molecule has 0 unspecified atom stereocenters. The zero-order valence-corrected chi connectivity index (χ0v) is 19.1. The number of amides is 1. The van der Waals surface area contributed by atoms with Crippen LogP contribution in [-0.2, 0) is 4.79 Å². The molecule has 4 rings (SSSR count). The molecule has 1 amide bonds. The minimum atomic E-state index is -0.883. The van der Waals surface area contributed by atoms with Crippen molar-refractivity contribution in [3.05, 3.63) is 56.5 Å². The first-order valence-electron chi connectivity index (χ1n) is 8.39. The topological polar surface area (TPSA) is 68.2 Å². The lowest BCUT2D eigenvalue weighted by molar-refractivity contribution is -0.118. The van der Waals surface area contributed by atoms with Crippen LogP contribution in [0.1, 0.15) is 18.7 Å². The van der Waals surface area contributed by atoms with Gasteiger partial charge in [0.15, 0.2) is 5.69 Å². The van der Waals surface area contributed by atoms with Crippen molar-refractivity contribution >= 4 is 62.5 Å². The zero-order valence-electron chi connectivity index (χ0n) is 15.2. The van der Waals surface area contributed by atoms with Gasteiger partial charge in [-0.05, 0) is 30.5 Å². The van der Waals surface area contributed by atoms with Gasteiger partial charge in [-0.2, -0.15) is 4.98 Å². The lowest BCUT2D eigenvalue weighted by Crippen LogP contribution is -2.36. The maximum Gasteiger partial charge on any atom is 0.247 e. The Hall–Kier alpha value is -1.87. The minimum absolute atomic E-state index is 0.236. The van der Waals surface area contributed by atoms with Gasteiger partial charge in [0.25, 0.3) is 0 Å². The monoisotopic (exact) mass is 510 g/mol. The summed E-state index contributed by atoms with van der Waals surface area (Å²) in [6.07, 6.45) is 0.962. The molecule has 10 heteroatoms. The Morgan fingerprint density at radius 2 is 2.03 bits per heavy atom. The molecule has 0 saturated carbocycles. The van der Waals surface area contributed by atoms with Crippen molar-refractivity contribution in [1.82, 2.24) is 15.2 Å². The van der Waals surface area contributed by atoms with Crippen molar-refractivity contribution in [2.24, 2.45) is 0 Å². The average molecular weight is 512 g/mol. The van der Waals surface area contributed by atoms with Gasteiger partial charge < -0.3 is 4.74 Å². The molecule has 1 aromatic heterocycles. The van der Waals surface area contributed by atoms with E-state index in [2.05, 4.69) is 31.1 Å². The second-order valence-corrected chi connectivity index (χ2v) is 8.59. The van der Waals surface area contributed by atoms with Gasteiger partial charge in [-0.25, -0.2) is 0 Å². The van der Waals surface area contributed by atoms with Gasteiger partial charge in [0.2, 0.25) is 23.2 Å². The number of benzene rings is 2. The third kappa shape index (κ3) is 3.70. The van der Waals surface area contributed by atoms with E-state index in [4.69, 9.17) is 27.9 Å². The molecule has 29 heavy (non-hydrogen) atoms. The Morgan fingerprint density at radius 3 is 2.76 bits per heavy atom. The third-order valence-corrected chi connectivity index (χ3v) is 6.20. The van der Waals surface area contributed by atoms with Gasteiger partial charge in [-0.15, -0.1) is 10.2 Å². The van der Waals surface area contributed by atoms with E-state index in [0.29, 0.717) is 37.7 Å². The predicted molar refractivity (Wildman–Crippen MR) is 118 cm³/mol. The fourth-order valence-electron chi connectivity index (χ4n) is 3.08. The molecule has 148 valence electrons. The van der Waals surface area contributed by atoms with Crippen LogP contribution in [0.15, 0.2) is 46.0 Å². The molecular formula is C19H13BrCl2N4O2S. The summed E-state index contributed by atoms with van der Waals surface area (Å²) >= 11 is 17.5. The molecule has 0 aliphatic carbocycles. The van der Waals surface area contributed by atoms with E-state index < -0.39 is 6.23 Å². The first kappa shape index (κ1) is 20.4. The highest BCUT2D eigenvalue weighted by Crippen LogP contribution is 2.46. The molecule has 3 aromatic rings. The average Bonchev–Trinajstić information content (AvgIpc) is 2.83. The first-order valence-corrected chi connectivity index (χ1v) is 11.2. The van der Waals surface area contributed by atoms with Crippen molar-refractivity contribution in [2.45, 2.75) is 18.3 Å². The van der Waals surface area contributed by atoms with E-state index in [1.54, 1.807) is 18.2 Å². The summed E-state index contributed by atoms with van der Waals surface area (Å²) in [7, 11) is 0. The Kier molecular flexibility index (Phi) is 5.70. The van der Waals surface area contributed by atoms with Gasteiger partial charge in [0.05, 0.1) is 15.7 Å². The molecule has 2 heterocycles. The highest BCUT2D eigenvalue weighted by Gasteiger charge is 2.36. The number of carbonyl (C=O) groups excluding carboxylic acids is 1. The van der Waals surface area contributed by atoms with Crippen LogP contribution < -0.4 is 9.64 Å². The summed E-state index contributed by atoms with van der Waals surface area (Å²) in [4.78, 5) is 18.7. The summed E-state index contributed by atoms with van der Waals surface area (Å²) in [5, 5.41) is 9.57. The van der Waals surface area contributed by atoms with Crippen LogP contribution in [0, 0.1) is 0 Å². The molecule has 0 radical (unpaired) electrons. The summed E-state index contributed by atoms with van der Waals surface area (Å²) < 4.78 is 7.06. The molecule has 0 N–H and O–H groups in total. The quantitative estimate of drug-likeness (QED) is 0.406. The molecular weight excluding hydrogens is 499 g/mol. The van der Waals surface area contributed by atoms with Crippen molar-refractivity contribution < 1.29 is 9.53 Å². The molecule has 1 aliphatic rings. The molecule has 1 atom stereocenters. The van der Waals surface area contributed by atoms with Gasteiger partial charge >= 0.3 is 0 Å². The largest absolute Gasteiger partial charge is 0.447 e. The van der Waals surface area contributed by atoms with Crippen LogP contribution in [0.2, 0.25) is 10.0 Å². The van der Waals surface area contributed by atoms with E-state index in [1.807, 2.05) is 24.5 Å². The maximum absolute atomic E-state index is 12.8. The number of hydrogen-bond donors (Lipinski definition) is 0. The van der Waals surface area contributed by atoms with Crippen molar-refractivity contribution in [2.75, 3.05) is 11.2 Å². The molecule has 0 spiro atoms. The maximum atomic E-state index is 12.8. The molecule has 0 bridgehead atoms. The first-order chi connectivity index (χ1) is 13.9. The lowest BCUT2D eigenvalue weighted by Gasteiger charge is -2.30. The van der Waals surface area contributed by atoms with Gasteiger partial charge in [0, 0.05) is 22.5 Å². The van der Waals surface area contributed by atoms with E-state index >= 15 is 0 Å². The number of aromatic nitrogens is 3. The number of nitrogens with zero attached hydrogens (tertiary/aromatic N) is 4. The summed E-state index contributed by atoms with van der Waals surface area (Å²) in [6.45, 7) is 1.46. The standard InChI is InChI=1S/C19H13BrCl2N4O2S/c1-9(27)26-14-7-6-10(20)8-12(14)16-17(23-19(29-2)25-24-16)28-18(26)11-4-3-5-13(21)15(11)22/h3-8,18H,1-2H3/t18-/m1/s1. The van der Waals surface area contributed by atoms with Gasteiger partial charge in [-0.1, -0.05) is 63.0 Å². The predicted octanol–water partition coefficient (Wildman–Crippen LogP) is 5.77. The number of fused-ring (bicyclic) bond motifs is 3. The molecule has 1 aliphatic heterocycles. The molecule has 0 fully saturated rings. The van der Waals surface area contributed by atoms with Crippen molar-refractivity contribution in [3.8, 4) is 17.1 Å². The second-order valence-electron chi connectivity index (χ2n) is 6.12. The molecule has 2 aromatic carbocycles. The van der Waals surface area contributed by atoms with Crippen LogP contribution in [-0.4, -0.2) is 27.3 Å². The van der Waals surface area contributed by atoms with Gasteiger partial charge in [-0.3, -0.25) is 9.69 Å². The number of carbonyl (C=O) groups is 1. The Morgan fingerprint density at radius 1 is 1.24 bits per heavy atom. The number of rotatable bonds is 2. The fourth-order valence-corrected chi connectivity index (χ4v) is 4.14. The number of ether oxygens (including phenoxy) is 1. The van der Waals surface area contributed by atoms with Crippen LogP contribution in [0.5, 0.6) is 5.88 Å². The van der Waals surface area contributed by atoms with Crippen molar-refractivity contribution in [3.63, 3.8) is 0 Å². The summed E-state index contributed by atoms with van der Waals surface area (Å²) in [5.74, 6) is 0.0222. The SMILES string of the molecule is CSc1nnc2c(n1)O[C@H](c1cccc(Cl)c1Cl)N(C(C)=O)c1ccc(Br)cc1-2. The van der Waals surface area contributed by atoms with Crippen LogP contribution in [0.3, 0.4) is 0 Å².